The lowest BCUT2D eigenvalue weighted by Crippen LogP contribution is -1.92. The molecule has 0 N–H and O–H groups in total. The Hall–Kier alpha value is 0.180. The van der Waals surface area contributed by atoms with Crippen LogP contribution in [-0.2, 0) is 0 Å². The number of alkyl halides is 1. The van der Waals surface area contributed by atoms with Crippen LogP contribution in [0.1, 0.15) is 23.7 Å². The van der Waals surface area contributed by atoms with Gasteiger partial charge in [0.15, 0.2) is 0 Å². The lowest BCUT2D eigenvalue weighted by atomic mass is 10.1. The van der Waals surface area contributed by atoms with Crippen molar-refractivity contribution in [2.75, 3.05) is 0 Å². The molecule has 1 aliphatic carbocycles. The SMILES string of the molecule is CC1CC1C(Br)c1ccc(Br)cc1. The molecule has 0 saturated heterocycles. The van der Waals surface area contributed by atoms with Crippen molar-refractivity contribution < 1.29 is 0 Å². The first-order chi connectivity index (χ1) is 6.18. The number of hydrogen-bond acceptors (Lipinski definition) is 0. The monoisotopic (exact) mass is 302 g/mol. The van der Waals surface area contributed by atoms with Crippen LogP contribution in [0.2, 0.25) is 0 Å². The average molecular weight is 304 g/mol. The zero-order chi connectivity index (χ0) is 9.42. The lowest BCUT2D eigenvalue weighted by Gasteiger charge is -2.08. The highest BCUT2D eigenvalue weighted by Gasteiger charge is 2.38. The van der Waals surface area contributed by atoms with Gasteiger partial charge in [0, 0.05) is 9.30 Å². The molecule has 0 amide bonds. The van der Waals surface area contributed by atoms with E-state index >= 15 is 0 Å². The molecule has 2 rings (SSSR count). The van der Waals surface area contributed by atoms with Crippen molar-refractivity contribution in [3.05, 3.63) is 34.3 Å². The zero-order valence-electron chi connectivity index (χ0n) is 7.50. The first-order valence-corrected chi connectivity index (χ1v) is 6.29. The van der Waals surface area contributed by atoms with E-state index in [0.29, 0.717) is 4.83 Å². The predicted molar refractivity (Wildman–Crippen MR) is 63.1 cm³/mol. The van der Waals surface area contributed by atoms with Crippen molar-refractivity contribution in [2.45, 2.75) is 18.2 Å². The molecule has 1 saturated carbocycles. The molecule has 1 aromatic carbocycles. The zero-order valence-corrected chi connectivity index (χ0v) is 10.7. The maximum Gasteiger partial charge on any atom is 0.0426 e. The third-order valence-corrected chi connectivity index (χ3v) is 4.47. The smallest absolute Gasteiger partial charge is 0.0426 e. The van der Waals surface area contributed by atoms with Crippen LogP contribution in [0.25, 0.3) is 0 Å². The van der Waals surface area contributed by atoms with Crippen LogP contribution in [0.5, 0.6) is 0 Å². The Labute approximate surface area is 96.0 Å². The first kappa shape index (κ1) is 9.72. The first-order valence-electron chi connectivity index (χ1n) is 4.58. The molecule has 0 bridgehead atoms. The van der Waals surface area contributed by atoms with Gasteiger partial charge in [-0.05, 0) is 36.0 Å². The molecule has 0 aromatic heterocycles. The Kier molecular flexibility index (Phi) is 2.80. The minimum absolute atomic E-state index is 0.551. The Morgan fingerprint density at radius 1 is 1.31 bits per heavy atom. The fraction of sp³-hybridized carbons (Fsp3) is 0.455. The van der Waals surface area contributed by atoms with E-state index in [1.807, 2.05) is 0 Å². The summed E-state index contributed by atoms with van der Waals surface area (Å²) in [4.78, 5) is 0.551. The maximum absolute atomic E-state index is 3.76. The largest absolute Gasteiger partial charge is 0.0836 e. The Morgan fingerprint density at radius 3 is 2.31 bits per heavy atom. The van der Waals surface area contributed by atoms with Crippen LogP contribution in [0, 0.1) is 11.8 Å². The molecule has 70 valence electrons. The summed E-state index contributed by atoms with van der Waals surface area (Å²) in [5.74, 6) is 1.74. The van der Waals surface area contributed by atoms with Crippen LogP contribution in [0.3, 0.4) is 0 Å². The van der Waals surface area contributed by atoms with E-state index in [-0.39, 0.29) is 0 Å². The fourth-order valence-corrected chi connectivity index (χ4v) is 2.96. The van der Waals surface area contributed by atoms with Crippen molar-refractivity contribution in [2.24, 2.45) is 11.8 Å². The van der Waals surface area contributed by atoms with Gasteiger partial charge in [-0.2, -0.15) is 0 Å². The van der Waals surface area contributed by atoms with Gasteiger partial charge in [-0.25, -0.2) is 0 Å². The van der Waals surface area contributed by atoms with Gasteiger partial charge in [-0.15, -0.1) is 0 Å². The van der Waals surface area contributed by atoms with Crippen molar-refractivity contribution in [1.29, 1.82) is 0 Å². The fourth-order valence-electron chi connectivity index (χ4n) is 1.65. The Balaban J connectivity index is 2.12. The van der Waals surface area contributed by atoms with E-state index in [2.05, 4.69) is 63.0 Å². The summed E-state index contributed by atoms with van der Waals surface area (Å²) in [6.07, 6.45) is 1.37. The van der Waals surface area contributed by atoms with Crippen molar-refractivity contribution in [3.63, 3.8) is 0 Å². The molecule has 1 aromatic rings. The molecule has 3 unspecified atom stereocenters. The van der Waals surface area contributed by atoms with Gasteiger partial charge >= 0.3 is 0 Å². The van der Waals surface area contributed by atoms with E-state index in [9.17, 15) is 0 Å². The van der Waals surface area contributed by atoms with E-state index < -0.39 is 0 Å². The van der Waals surface area contributed by atoms with Crippen LogP contribution in [0.15, 0.2) is 28.7 Å². The normalized spacial score (nSPS) is 28.5. The van der Waals surface area contributed by atoms with Gasteiger partial charge in [0.1, 0.15) is 0 Å². The molecular formula is C11H12Br2. The highest BCUT2D eigenvalue weighted by atomic mass is 79.9. The van der Waals surface area contributed by atoms with E-state index in [1.165, 1.54) is 12.0 Å². The second-order valence-electron chi connectivity index (χ2n) is 3.83. The Morgan fingerprint density at radius 2 is 1.85 bits per heavy atom. The van der Waals surface area contributed by atoms with E-state index in [0.717, 1.165) is 16.3 Å². The summed E-state index contributed by atoms with van der Waals surface area (Å²) in [7, 11) is 0. The summed E-state index contributed by atoms with van der Waals surface area (Å²) in [6, 6.07) is 8.59. The van der Waals surface area contributed by atoms with Gasteiger partial charge in [-0.1, -0.05) is 50.9 Å². The lowest BCUT2D eigenvalue weighted by molar-refractivity contribution is 0.740. The van der Waals surface area contributed by atoms with Gasteiger partial charge in [-0.3, -0.25) is 0 Å². The van der Waals surface area contributed by atoms with Crippen LogP contribution in [0.4, 0.5) is 0 Å². The van der Waals surface area contributed by atoms with Gasteiger partial charge in [0.25, 0.3) is 0 Å². The van der Waals surface area contributed by atoms with Crippen molar-refractivity contribution >= 4 is 31.9 Å². The number of halogens is 2. The van der Waals surface area contributed by atoms with Gasteiger partial charge in [0.05, 0.1) is 0 Å². The molecule has 0 nitrogen and oxygen atoms in total. The molecule has 0 heterocycles. The molecule has 2 heteroatoms. The molecule has 1 fully saturated rings. The summed E-state index contributed by atoms with van der Waals surface area (Å²) < 4.78 is 1.15. The highest BCUT2D eigenvalue weighted by molar-refractivity contribution is 9.10. The molecule has 3 atom stereocenters. The minimum Gasteiger partial charge on any atom is -0.0836 e. The molecule has 13 heavy (non-hydrogen) atoms. The summed E-state index contributed by atoms with van der Waals surface area (Å²) in [5, 5.41) is 0. The molecule has 0 aliphatic heterocycles. The van der Waals surface area contributed by atoms with Crippen molar-refractivity contribution in [3.8, 4) is 0 Å². The van der Waals surface area contributed by atoms with Crippen LogP contribution >= 0.6 is 31.9 Å². The summed E-state index contributed by atoms with van der Waals surface area (Å²) in [5.41, 5.74) is 1.40. The molecule has 1 aliphatic rings. The summed E-state index contributed by atoms with van der Waals surface area (Å²) >= 11 is 7.21. The number of benzene rings is 1. The topological polar surface area (TPSA) is 0 Å². The molecule has 0 radical (unpaired) electrons. The molecule has 0 spiro atoms. The van der Waals surface area contributed by atoms with Gasteiger partial charge in [0.2, 0.25) is 0 Å². The second kappa shape index (κ2) is 3.74. The quantitative estimate of drug-likeness (QED) is 0.704. The molecular weight excluding hydrogens is 292 g/mol. The maximum atomic E-state index is 3.76. The second-order valence-corrected chi connectivity index (χ2v) is 5.73. The average Bonchev–Trinajstić information content (AvgIpc) is 2.83. The number of hydrogen-bond donors (Lipinski definition) is 0. The number of rotatable bonds is 2. The van der Waals surface area contributed by atoms with Gasteiger partial charge < -0.3 is 0 Å². The van der Waals surface area contributed by atoms with Crippen LogP contribution < -0.4 is 0 Å². The van der Waals surface area contributed by atoms with E-state index in [1.54, 1.807) is 0 Å². The highest BCUT2D eigenvalue weighted by Crippen LogP contribution is 2.51. The van der Waals surface area contributed by atoms with Crippen LogP contribution in [-0.4, -0.2) is 0 Å². The minimum atomic E-state index is 0.551. The third-order valence-electron chi connectivity index (χ3n) is 2.74. The predicted octanol–water partition coefficient (Wildman–Crippen LogP) is 4.54. The summed E-state index contributed by atoms with van der Waals surface area (Å²) in [6.45, 7) is 2.32. The Bertz CT molecular complexity index is 291. The van der Waals surface area contributed by atoms with E-state index in [4.69, 9.17) is 0 Å². The third kappa shape index (κ3) is 2.16. The van der Waals surface area contributed by atoms with Crippen molar-refractivity contribution in [1.82, 2.24) is 0 Å². The standard InChI is InChI=1S/C11H12Br2/c1-7-6-10(7)11(13)8-2-4-9(12)5-3-8/h2-5,7,10-11H,6H2,1H3.